The second kappa shape index (κ2) is 8.19. The molecule has 0 unspecified atom stereocenters. The van der Waals surface area contributed by atoms with E-state index in [-0.39, 0.29) is 23.0 Å². The van der Waals surface area contributed by atoms with Gasteiger partial charge in [0.1, 0.15) is 5.75 Å². The van der Waals surface area contributed by atoms with Crippen LogP contribution in [0.2, 0.25) is 0 Å². The Morgan fingerprint density at radius 2 is 1.85 bits per heavy atom. The fourth-order valence-electron chi connectivity index (χ4n) is 4.15. The third-order valence-electron chi connectivity index (χ3n) is 5.77. The first-order valence-electron chi connectivity index (χ1n) is 9.73. The van der Waals surface area contributed by atoms with Gasteiger partial charge in [0.2, 0.25) is 15.9 Å². The van der Waals surface area contributed by atoms with Crippen LogP contribution in [0.1, 0.15) is 32.3 Å². The van der Waals surface area contributed by atoms with E-state index in [1.165, 1.54) is 0 Å². The molecule has 0 aliphatic carbocycles. The summed E-state index contributed by atoms with van der Waals surface area (Å²) in [6, 6.07) is 7.76. The number of likely N-dealkylation sites (tertiary alicyclic amines) is 1. The quantitative estimate of drug-likeness (QED) is 0.767. The van der Waals surface area contributed by atoms with Gasteiger partial charge in [-0.05, 0) is 42.9 Å². The highest BCUT2D eigenvalue weighted by molar-refractivity contribution is 7.90. The largest absolute Gasteiger partial charge is 0.497 e. The number of carbonyl (C=O) groups excluding carboxylic acids is 1. The first-order valence-corrected chi connectivity index (χ1v) is 11.2. The maximum atomic E-state index is 13.0. The zero-order valence-electron chi connectivity index (χ0n) is 16.4. The van der Waals surface area contributed by atoms with Gasteiger partial charge in [-0.25, -0.2) is 12.7 Å². The van der Waals surface area contributed by atoms with Crippen molar-refractivity contribution >= 4 is 15.9 Å². The molecule has 0 radical (unpaired) electrons. The average Bonchev–Trinajstić information content (AvgIpc) is 2.79. The molecule has 1 aromatic rings. The summed E-state index contributed by atoms with van der Waals surface area (Å²) in [6.07, 6.45) is 2.01. The number of rotatable bonds is 5. The fourth-order valence-corrected chi connectivity index (χ4v) is 6.39. The number of ether oxygens (including phenoxy) is 1. The van der Waals surface area contributed by atoms with Crippen LogP contribution in [0.4, 0.5) is 0 Å². The first kappa shape index (κ1) is 20.1. The van der Waals surface area contributed by atoms with Gasteiger partial charge in [0.15, 0.2) is 0 Å². The Bertz CT molecular complexity index is 761. The second-order valence-electron chi connectivity index (χ2n) is 7.86. The monoisotopic (exact) mass is 394 g/mol. The Morgan fingerprint density at radius 3 is 2.48 bits per heavy atom. The molecule has 0 bridgehead atoms. The SMILES string of the molecule is COc1ccc(CCN2C[C@H]3CCN(C(=O)C(C)C)CC[C@H]3S2(=O)=O)cc1. The van der Waals surface area contributed by atoms with Crippen molar-refractivity contribution in [2.75, 3.05) is 33.3 Å². The van der Waals surface area contributed by atoms with Gasteiger partial charge >= 0.3 is 0 Å². The van der Waals surface area contributed by atoms with Crippen LogP contribution in [0.25, 0.3) is 0 Å². The lowest BCUT2D eigenvalue weighted by Crippen LogP contribution is -2.37. The third kappa shape index (κ3) is 4.29. The summed E-state index contributed by atoms with van der Waals surface area (Å²) in [5.74, 6) is 1.01. The van der Waals surface area contributed by atoms with E-state index in [1.807, 2.05) is 43.0 Å². The van der Waals surface area contributed by atoms with Gasteiger partial charge in [-0.3, -0.25) is 4.79 Å². The number of fused-ring (bicyclic) bond motifs is 1. The molecule has 0 spiro atoms. The summed E-state index contributed by atoms with van der Waals surface area (Å²) in [5.41, 5.74) is 1.10. The average molecular weight is 395 g/mol. The van der Waals surface area contributed by atoms with Gasteiger partial charge in [-0.1, -0.05) is 26.0 Å². The highest BCUT2D eigenvalue weighted by Gasteiger charge is 2.46. The van der Waals surface area contributed by atoms with Gasteiger partial charge in [0.05, 0.1) is 12.4 Å². The van der Waals surface area contributed by atoms with E-state index < -0.39 is 10.0 Å². The molecule has 1 amide bonds. The number of methoxy groups -OCH3 is 1. The lowest BCUT2D eigenvalue weighted by Gasteiger charge is -2.23. The van der Waals surface area contributed by atoms with Crippen molar-refractivity contribution in [3.8, 4) is 5.75 Å². The minimum Gasteiger partial charge on any atom is -0.497 e. The smallest absolute Gasteiger partial charge is 0.225 e. The zero-order chi connectivity index (χ0) is 19.6. The van der Waals surface area contributed by atoms with E-state index in [1.54, 1.807) is 11.4 Å². The summed E-state index contributed by atoms with van der Waals surface area (Å²) in [6.45, 7) is 6.09. The molecule has 0 aromatic heterocycles. The second-order valence-corrected chi connectivity index (χ2v) is 10.0. The Labute approximate surface area is 162 Å². The Morgan fingerprint density at radius 1 is 1.19 bits per heavy atom. The first-order chi connectivity index (χ1) is 12.8. The Kier molecular flexibility index (Phi) is 6.11. The molecular weight excluding hydrogens is 364 g/mol. The van der Waals surface area contributed by atoms with Gasteiger partial charge < -0.3 is 9.64 Å². The minimum absolute atomic E-state index is 0.0412. The van der Waals surface area contributed by atoms with Crippen LogP contribution in [-0.2, 0) is 21.2 Å². The van der Waals surface area contributed by atoms with E-state index >= 15 is 0 Å². The lowest BCUT2D eigenvalue weighted by atomic mass is 10.0. The summed E-state index contributed by atoms with van der Waals surface area (Å²) >= 11 is 0. The number of amides is 1. The van der Waals surface area contributed by atoms with E-state index in [2.05, 4.69) is 0 Å². The molecule has 1 aromatic carbocycles. The van der Waals surface area contributed by atoms with Crippen LogP contribution in [0, 0.1) is 11.8 Å². The number of nitrogens with zero attached hydrogens (tertiary/aromatic N) is 2. The van der Waals surface area contributed by atoms with Gasteiger partial charge in [-0.15, -0.1) is 0 Å². The van der Waals surface area contributed by atoms with E-state index in [9.17, 15) is 13.2 Å². The lowest BCUT2D eigenvalue weighted by molar-refractivity contribution is -0.134. The molecule has 2 aliphatic rings. The van der Waals surface area contributed by atoms with Gasteiger partial charge in [-0.2, -0.15) is 0 Å². The molecule has 27 heavy (non-hydrogen) atoms. The zero-order valence-corrected chi connectivity index (χ0v) is 17.2. The van der Waals surface area contributed by atoms with E-state index in [4.69, 9.17) is 4.74 Å². The molecule has 150 valence electrons. The van der Waals surface area contributed by atoms with Crippen LogP contribution in [-0.4, -0.2) is 62.1 Å². The van der Waals surface area contributed by atoms with Crippen molar-refractivity contribution in [1.29, 1.82) is 0 Å². The number of sulfonamides is 1. The van der Waals surface area contributed by atoms with Crippen molar-refractivity contribution in [2.24, 2.45) is 11.8 Å². The minimum atomic E-state index is -3.29. The van der Waals surface area contributed by atoms with Crippen LogP contribution >= 0.6 is 0 Å². The van der Waals surface area contributed by atoms with E-state index in [0.29, 0.717) is 39.0 Å². The summed E-state index contributed by atoms with van der Waals surface area (Å²) < 4.78 is 32.9. The fraction of sp³-hybridized carbons (Fsp3) is 0.650. The van der Waals surface area contributed by atoms with Crippen LogP contribution in [0.5, 0.6) is 5.75 Å². The predicted octanol–water partition coefficient (Wildman–Crippen LogP) is 2.15. The van der Waals surface area contributed by atoms with Crippen LogP contribution < -0.4 is 4.74 Å². The Hall–Kier alpha value is -1.60. The summed E-state index contributed by atoms with van der Waals surface area (Å²) in [7, 11) is -1.66. The van der Waals surface area contributed by atoms with Crippen molar-refractivity contribution in [3.63, 3.8) is 0 Å². The number of hydrogen-bond donors (Lipinski definition) is 0. The molecule has 2 aliphatic heterocycles. The molecule has 0 N–H and O–H groups in total. The highest BCUT2D eigenvalue weighted by Crippen LogP contribution is 2.34. The Balaban J connectivity index is 1.62. The maximum Gasteiger partial charge on any atom is 0.225 e. The molecule has 6 nitrogen and oxygen atoms in total. The third-order valence-corrected chi connectivity index (χ3v) is 8.21. The van der Waals surface area contributed by atoms with Crippen molar-refractivity contribution in [1.82, 2.24) is 9.21 Å². The normalized spacial score (nSPS) is 25.3. The molecule has 7 heteroatoms. The molecule has 2 fully saturated rings. The van der Waals surface area contributed by atoms with Gasteiger partial charge in [0, 0.05) is 32.1 Å². The van der Waals surface area contributed by atoms with Crippen molar-refractivity contribution in [2.45, 2.75) is 38.4 Å². The van der Waals surface area contributed by atoms with Crippen molar-refractivity contribution in [3.05, 3.63) is 29.8 Å². The van der Waals surface area contributed by atoms with Crippen LogP contribution in [0.15, 0.2) is 24.3 Å². The molecule has 3 rings (SSSR count). The molecule has 0 saturated carbocycles. The summed E-state index contributed by atoms with van der Waals surface area (Å²) in [5, 5.41) is -0.349. The van der Waals surface area contributed by atoms with Crippen LogP contribution in [0.3, 0.4) is 0 Å². The number of benzene rings is 1. The maximum absolute atomic E-state index is 13.0. The molecule has 2 atom stereocenters. The number of hydrogen-bond acceptors (Lipinski definition) is 4. The van der Waals surface area contributed by atoms with E-state index in [0.717, 1.165) is 17.7 Å². The molecular formula is C20H30N2O4S. The van der Waals surface area contributed by atoms with Gasteiger partial charge in [0.25, 0.3) is 0 Å². The predicted molar refractivity (Wildman–Crippen MR) is 105 cm³/mol. The number of carbonyl (C=O) groups is 1. The molecule has 2 saturated heterocycles. The standard InChI is InChI=1S/C20H30N2O4S/c1-15(2)20(23)21-11-9-17-14-22(27(24,25)19(17)10-12-21)13-8-16-4-6-18(26-3)7-5-16/h4-7,15,17,19H,8-14H2,1-3H3/t17-,19-/m1/s1. The highest BCUT2D eigenvalue weighted by atomic mass is 32.2. The van der Waals surface area contributed by atoms with Crippen molar-refractivity contribution < 1.29 is 17.9 Å². The summed E-state index contributed by atoms with van der Waals surface area (Å²) in [4.78, 5) is 14.1. The molecule has 2 heterocycles. The topological polar surface area (TPSA) is 66.9 Å².